The zero-order valence-electron chi connectivity index (χ0n) is 9.55. The number of anilines is 2. The molecule has 96 valence electrons. The zero-order valence-corrected chi connectivity index (χ0v) is 9.55. The second kappa shape index (κ2) is 4.81. The number of halogens is 4. The van der Waals surface area contributed by atoms with Crippen LogP contribution in [0, 0.1) is 5.82 Å². The molecule has 0 aromatic heterocycles. The van der Waals surface area contributed by atoms with Crippen molar-refractivity contribution >= 4 is 11.4 Å². The van der Waals surface area contributed by atoms with Crippen molar-refractivity contribution in [3.05, 3.63) is 24.0 Å². The van der Waals surface area contributed by atoms with E-state index in [9.17, 15) is 17.6 Å². The molecule has 1 aromatic carbocycles. The van der Waals surface area contributed by atoms with E-state index in [2.05, 4.69) is 0 Å². The van der Waals surface area contributed by atoms with Crippen LogP contribution in [0.15, 0.2) is 18.2 Å². The molecule has 17 heavy (non-hydrogen) atoms. The molecule has 2 nitrogen and oxygen atoms in total. The van der Waals surface area contributed by atoms with Gasteiger partial charge in [0.15, 0.2) is 0 Å². The van der Waals surface area contributed by atoms with Gasteiger partial charge in [-0.1, -0.05) is 0 Å². The standard InChI is InChI=1S/C11H14F4N2/c1-7(2)17(6-11(13,14)15)10-4-3-8(12)5-9(10)16/h3-5,7H,6,16H2,1-2H3. The summed E-state index contributed by atoms with van der Waals surface area (Å²) >= 11 is 0. The van der Waals surface area contributed by atoms with Crippen molar-refractivity contribution in [1.82, 2.24) is 0 Å². The Morgan fingerprint density at radius 2 is 1.88 bits per heavy atom. The van der Waals surface area contributed by atoms with Gasteiger partial charge in [0.25, 0.3) is 0 Å². The maximum atomic E-state index is 12.8. The highest BCUT2D eigenvalue weighted by Gasteiger charge is 2.32. The van der Waals surface area contributed by atoms with Gasteiger partial charge in [-0.3, -0.25) is 0 Å². The Kier molecular flexibility index (Phi) is 3.85. The SMILES string of the molecule is CC(C)N(CC(F)(F)F)c1ccc(F)cc1N. The minimum Gasteiger partial charge on any atom is -0.397 e. The van der Waals surface area contributed by atoms with E-state index in [0.717, 1.165) is 17.0 Å². The Bertz CT molecular complexity index is 388. The number of rotatable bonds is 3. The fraction of sp³-hybridized carbons (Fsp3) is 0.455. The lowest BCUT2D eigenvalue weighted by molar-refractivity contribution is -0.120. The van der Waals surface area contributed by atoms with Crippen molar-refractivity contribution in [3.63, 3.8) is 0 Å². The molecular formula is C11H14F4N2. The molecule has 0 unspecified atom stereocenters. The number of hydrogen-bond acceptors (Lipinski definition) is 2. The van der Waals surface area contributed by atoms with Crippen molar-refractivity contribution in [1.29, 1.82) is 0 Å². The van der Waals surface area contributed by atoms with Crippen LogP contribution in [0.5, 0.6) is 0 Å². The first-order chi connectivity index (χ1) is 7.70. The predicted molar refractivity (Wildman–Crippen MR) is 59.3 cm³/mol. The van der Waals surface area contributed by atoms with E-state index in [1.807, 2.05) is 0 Å². The third kappa shape index (κ3) is 3.80. The van der Waals surface area contributed by atoms with Crippen LogP contribution in [0.25, 0.3) is 0 Å². The molecule has 6 heteroatoms. The van der Waals surface area contributed by atoms with Gasteiger partial charge in [0.2, 0.25) is 0 Å². The summed E-state index contributed by atoms with van der Waals surface area (Å²) in [6, 6.07) is 2.99. The maximum absolute atomic E-state index is 12.8. The molecule has 2 N–H and O–H groups in total. The van der Waals surface area contributed by atoms with Crippen molar-refractivity contribution < 1.29 is 17.6 Å². The molecule has 0 saturated heterocycles. The first-order valence-corrected chi connectivity index (χ1v) is 5.09. The van der Waals surface area contributed by atoms with Crippen molar-refractivity contribution in [2.45, 2.75) is 26.1 Å². The van der Waals surface area contributed by atoms with Gasteiger partial charge in [-0.2, -0.15) is 13.2 Å². The number of alkyl halides is 3. The molecule has 0 bridgehead atoms. The Hall–Kier alpha value is -1.46. The van der Waals surface area contributed by atoms with Gasteiger partial charge in [0.1, 0.15) is 12.4 Å². The monoisotopic (exact) mass is 250 g/mol. The third-order valence-corrected chi connectivity index (χ3v) is 2.27. The lowest BCUT2D eigenvalue weighted by Gasteiger charge is -2.30. The average molecular weight is 250 g/mol. The van der Waals surface area contributed by atoms with Crippen molar-refractivity contribution in [2.75, 3.05) is 17.2 Å². The van der Waals surface area contributed by atoms with Gasteiger partial charge >= 0.3 is 6.18 Å². The molecule has 0 heterocycles. The summed E-state index contributed by atoms with van der Waals surface area (Å²) in [5, 5.41) is 0. The summed E-state index contributed by atoms with van der Waals surface area (Å²) in [4.78, 5) is 1.09. The van der Waals surface area contributed by atoms with Gasteiger partial charge in [-0.05, 0) is 32.0 Å². The van der Waals surface area contributed by atoms with Gasteiger partial charge in [0, 0.05) is 6.04 Å². The summed E-state index contributed by atoms with van der Waals surface area (Å²) in [6.07, 6.45) is -4.33. The molecule has 0 fully saturated rings. The van der Waals surface area contributed by atoms with Crippen molar-refractivity contribution in [2.24, 2.45) is 0 Å². The summed E-state index contributed by atoms with van der Waals surface area (Å²) in [6.45, 7) is 2.13. The Morgan fingerprint density at radius 1 is 1.29 bits per heavy atom. The van der Waals surface area contributed by atoms with E-state index in [1.165, 1.54) is 6.07 Å². The molecular weight excluding hydrogens is 236 g/mol. The van der Waals surface area contributed by atoms with E-state index in [-0.39, 0.29) is 17.4 Å². The highest BCUT2D eigenvalue weighted by molar-refractivity contribution is 5.67. The number of nitrogens with two attached hydrogens (primary N) is 1. The van der Waals surface area contributed by atoms with Crippen LogP contribution < -0.4 is 10.6 Å². The Labute approximate surface area is 97.0 Å². The van der Waals surface area contributed by atoms with Crippen LogP contribution in [0.2, 0.25) is 0 Å². The first kappa shape index (κ1) is 13.6. The summed E-state index contributed by atoms with van der Waals surface area (Å²) in [7, 11) is 0. The number of hydrogen-bond donors (Lipinski definition) is 1. The van der Waals surface area contributed by atoms with E-state index in [1.54, 1.807) is 13.8 Å². The Morgan fingerprint density at radius 3 is 2.29 bits per heavy atom. The normalized spacial score (nSPS) is 11.9. The summed E-state index contributed by atoms with van der Waals surface area (Å²) in [5.74, 6) is -0.568. The van der Waals surface area contributed by atoms with Crippen LogP contribution in [0.3, 0.4) is 0 Å². The fourth-order valence-corrected chi connectivity index (χ4v) is 1.53. The fourth-order valence-electron chi connectivity index (χ4n) is 1.53. The number of benzene rings is 1. The van der Waals surface area contributed by atoms with Crippen LogP contribution in [0.4, 0.5) is 28.9 Å². The van der Waals surface area contributed by atoms with E-state index in [0.29, 0.717) is 0 Å². The van der Waals surface area contributed by atoms with Gasteiger partial charge in [-0.15, -0.1) is 0 Å². The minimum absolute atomic E-state index is 0.00273. The van der Waals surface area contributed by atoms with E-state index in [4.69, 9.17) is 5.73 Å². The number of nitrogens with zero attached hydrogens (tertiary/aromatic N) is 1. The van der Waals surface area contributed by atoms with Crippen LogP contribution in [-0.4, -0.2) is 18.8 Å². The van der Waals surface area contributed by atoms with Gasteiger partial charge < -0.3 is 10.6 Å². The molecule has 0 radical (unpaired) electrons. The van der Waals surface area contributed by atoms with E-state index < -0.39 is 18.5 Å². The highest BCUT2D eigenvalue weighted by Crippen LogP contribution is 2.29. The predicted octanol–water partition coefficient (Wildman–Crippen LogP) is 3.19. The molecule has 0 aliphatic heterocycles. The first-order valence-electron chi connectivity index (χ1n) is 5.09. The zero-order chi connectivity index (χ0) is 13.2. The molecule has 0 aliphatic carbocycles. The van der Waals surface area contributed by atoms with Gasteiger partial charge in [0.05, 0.1) is 11.4 Å². The molecule has 0 saturated carbocycles. The lowest BCUT2D eigenvalue weighted by atomic mass is 10.2. The van der Waals surface area contributed by atoms with Gasteiger partial charge in [-0.25, -0.2) is 4.39 Å². The summed E-state index contributed by atoms with van der Waals surface area (Å²) in [5.41, 5.74) is 5.73. The van der Waals surface area contributed by atoms with Crippen LogP contribution >= 0.6 is 0 Å². The smallest absolute Gasteiger partial charge is 0.397 e. The quantitative estimate of drug-likeness (QED) is 0.659. The average Bonchev–Trinajstić information content (AvgIpc) is 2.13. The van der Waals surface area contributed by atoms with Crippen LogP contribution in [-0.2, 0) is 0 Å². The second-order valence-corrected chi connectivity index (χ2v) is 4.04. The molecule has 0 aliphatic rings. The van der Waals surface area contributed by atoms with E-state index >= 15 is 0 Å². The topological polar surface area (TPSA) is 29.3 Å². The largest absolute Gasteiger partial charge is 0.405 e. The molecule has 1 aromatic rings. The second-order valence-electron chi connectivity index (χ2n) is 4.04. The third-order valence-electron chi connectivity index (χ3n) is 2.27. The molecule has 0 atom stereocenters. The lowest BCUT2D eigenvalue weighted by Crippen LogP contribution is -2.39. The molecule has 1 rings (SSSR count). The summed E-state index contributed by atoms with van der Waals surface area (Å²) < 4.78 is 50.0. The minimum atomic E-state index is -4.33. The maximum Gasteiger partial charge on any atom is 0.405 e. The Balaban J connectivity index is 3.06. The molecule has 0 amide bonds. The van der Waals surface area contributed by atoms with Crippen molar-refractivity contribution in [3.8, 4) is 0 Å². The number of nitrogen functional groups attached to an aromatic ring is 1. The molecule has 0 spiro atoms. The van der Waals surface area contributed by atoms with Crippen LogP contribution in [0.1, 0.15) is 13.8 Å². The highest BCUT2D eigenvalue weighted by atomic mass is 19.4.